The maximum Gasteiger partial charge on any atom is 0.0522 e. The first-order chi connectivity index (χ1) is 7.17. The van der Waals surface area contributed by atoms with Gasteiger partial charge in [0.15, 0.2) is 0 Å². The van der Waals surface area contributed by atoms with E-state index in [1.165, 1.54) is 18.4 Å². The van der Waals surface area contributed by atoms with Crippen LogP contribution in [0, 0.1) is 5.92 Å². The zero-order chi connectivity index (χ0) is 11.3. The molecule has 2 unspecified atom stereocenters. The van der Waals surface area contributed by atoms with Crippen LogP contribution in [-0.4, -0.2) is 15.8 Å². The van der Waals surface area contributed by atoms with Gasteiger partial charge in [0, 0.05) is 18.8 Å². The molecule has 15 heavy (non-hydrogen) atoms. The highest BCUT2D eigenvalue weighted by molar-refractivity contribution is 5.06. The SMILES string of the molecule is CCCC(C)C(N)Cc1cnn(CC)c1. The largest absolute Gasteiger partial charge is 0.327 e. The van der Waals surface area contributed by atoms with Crippen LogP contribution in [0.4, 0.5) is 0 Å². The van der Waals surface area contributed by atoms with Gasteiger partial charge < -0.3 is 5.73 Å². The molecule has 0 bridgehead atoms. The van der Waals surface area contributed by atoms with Crippen molar-refractivity contribution < 1.29 is 0 Å². The van der Waals surface area contributed by atoms with Crippen LogP contribution < -0.4 is 5.73 Å². The van der Waals surface area contributed by atoms with Crippen LogP contribution in [0.2, 0.25) is 0 Å². The molecule has 0 fully saturated rings. The van der Waals surface area contributed by atoms with Gasteiger partial charge in [0.1, 0.15) is 0 Å². The molecule has 2 atom stereocenters. The number of hydrogen-bond acceptors (Lipinski definition) is 2. The minimum atomic E-state index is 0.263. The van der Waals surface area contributed by atoms with Gasteiger partial charge >= 0.3 is 0 Å². The quantitative estimate of drug-likeness (QED) is 0.780. The third-order valence-corrected chi connectivity index (χ3v) is 2.96. The lowest BCUT2D eigenvalue weighted by molar-refractivity contribution is 0.420. The van der Waals surface area contributed by atoms with E-state index >= 15 is 0 Å². The van der Waals surface area contributed by atoms with Crippen LogP contribution in [0.15, 0.2) is 12.4 Å². The molecule has 0 aliphatic carbocycles. The Labute approximate surface area is 92.7 Å². The predicted octanol–water partition coefficient (Wildman–Crippen LogP) is 2.21. The van der Waals surface area contributed by atoms with Crippen molar-refractivity contribution in [1.29, 1.82) is 0 Å². The molecule has 1 aromatic rings. The molecular weight excluding hydrogens is 186 g/mol. The second-order valence-electron chi connectivity index (χ2n) is 4.34. The molecule has 0 radical (unpaired) electrons. The average molecular weight is 209 g/mol. The summed E-state index contributed by atoms with van der Waals surface area (Å²) in [5.74, 6) is 0.597. The van der Waals surface area contributed by atoms with E-state index in [1.807, 2.05) is 10.9 Å². The molecule has 1 aromatic heterocycles. The Morgan fingerprint density at radius 2 is 2.20 bits per heavy atom. The average Bonchev–Trinajstić information content (AvgIpc) is 2.66. The zero-order valence-corrected chi connectivity index (χ0v) is 10.1. The highest BCUT2D eigenvalue weighted by Crippen LogP contribution is 2.13. The van der Waals surface area contributed by atoms with Crippen molar-refractivity contribution in [1.82, 2.24) is 9.78 Å². The summed E-state index contributed by atoms with van der Waals surface area (Å²) in [6.45, 7) is 7.47. The monoisotopic (exact) mass is 209 g/mol. The summed E-state index contributed by atoms with van der Waals surface area (Å²) in [6, 6.07) is 0.263. The molecule has 0 amide bonds. The molecule has 0 aliphatic heterocycles. The van der Waals surface area contributed by atoms with Crippen LogP contribution in [0.1, 0.15) is 39.2 Å². The van der Waals surface area contributed by atoms with Gasteiger partial charge in [-0.15, -0.1) is 0 Å². The molecule has 1 rings (SSSR count). The lowest BCUT2D eigenvalue weighted by atomic mass is 9.93. The van der Waals surface area contributed by atoms with Gasteiger partial charge in [-0.3, -0.25) is 4.68 Å². The Balaban J connectivity index is 2.46. The molecule has 0 aromatic carbocycles. The van der Waals surface area contributed by atoms with Gasteiger partial charge in [-0.1, -0.05) is 20.3 Å². The van der Waals surface area contributed by atoms with Crippen molar-refractivity contribution in [2.45, 2.75) is 52.6 Å². The summed E-state index contributed by atoms with van der Waals surface area (Å²) in [5, 5.41) is 4.25. The molecule has 3 nitrogen and oxygen atoms in total. The number of nitrogens with two attached hydrogens (primary N) is 1. The molecule has 0 spiro atoms. The molecule has 0 aliphatic rings. The lowest BCUT2D eigenvalue weighted by Crippen LogP contribution is -2.30. The van der Waals surface area contributed by atoms with Crippen LogP contribution >= 0.6 is 0 Å². The smallest absolute Gasteiger partial charge is 0.0522 e. The fourth-order valence-corrected chi connectivity index (χ4v) is 1.83. The predicted molar refractivity (Wildman–Crippen MR) is 63.7 cm³/mol. The summed E-state index contributed by atoms with van der Waals surface area (Å²) in [4.78, 5) is 0. The van der Waals surface area contributed by atoms with Gasteiger partial charge in [-0.05, 0) is 31.2 Å². The van der Waals surface area contributed by atoms with E-state index in [0.29, 0.717) is 5.92 Å². The fraction of sp³-hybridized carbons (Fsp3) is 0.750. The standard InChI is InChI=1S/C12H23N3/c1-4-6-10(3)12(13)7-11-8-14-15(5-2)9-11/h8-10,12H,4-7,13H2,1-3H3. The molecule has 0 saturated heterocycles. The number of hydrogen-bond donors (Lipinski definition) is 1. The Morgan fingerprint density at radius 3 is 2.73 bits per heavy atom. The van der Waals surface area contributed by atoms with Crippen molar-refractivity contribution in [2.75, 3.05) is 0 Å². The second kappa shape index (κ2) is 5.91. The van der Waals surface area contributed by atoms with Gasteiger partial charge in [-0.25, -0.2) is 0 Å². The van der Waals surface area contributed by atoms with Gasteiger partial charge in [0.25, 0.3) is 0 Å². The first-order valence-corrected chi connectivity index (χ1v) is 5.94. The summed E-state index contributed by atoms with van der Waals surface area (Å²) < 4.78 is 1.95. The summed E-state index contributed by atoms with van der Waals surface area (Å²) in [6.07, 6.45) is 7.40. The first-order valence-electron chi connectivity index (χ1n) is 5.94. The molecule has 3 heteroatoms. The Hall–Kier alpha value is -0.830. The molecule has 86 valence electrons. The second-order valence-corrected chi connectivity index (χ2v) is 4.34. The summed E-state index contributed by atoms with van der Waals surface area (Å²) >= 11 is 0. The van der Waals surface area contributed by atoms with Crippen LogP contribution in [0.3, 0.4) is 0 Å². The van der Waals surface area contributed by atoms with Crippen molar-refractivity contribution in [3.63, 3.8) is 0 Å². The minimum absolute atomic E-state index is 0.263. The van der Waals surface area contributed by atoms with Crippen molar-refractivity contribution in [2.24, 2.45) is 11.7 Å². The van der Waals surface area contributed by atoms with E-state index in [1.54, 1.807) is 0 Å². The summed E-state index contributed by atoms with van der Waals surface area (Å²) in [5.41, 5.74) is 7.41. The summed E-state index contributed by atoms with van der Waals surface area (Å²) in [7, 11) is 0. The highest BCUT2D eigenvalue weighted by atomic mass is 15.3. The number of rotatable bonds is 6. The van der Waals surface area contributed by atoms with Gasteiger partial charge in [0.05, 0.1) is 6.20 Å². The van der Waals surface area contributed by atoms with E-state index in [4.69, 9.17) is 5.73 Å². The van der Waals surface area contributed by atoms with Crippen molar-refractivity contribution >= 4 is 0 Å². The van der Waals surface area contributed by atoms with Crippen LogP contribution in [0.25, 0.3) is 0 Å². The zero-order valence-electron chi connectivity index (χ0n) is 10.1. The topological polar surface area (TPSA) is 43.8 Å². The number of aromatic nitrogens is 2. The minimum Gasteiger partial charge on any atom is -0.327 e. The van der Waals surface area contributed by atoms with Crippen LogP contribution in [0.5, 0.6) is 0 Å². The molecule has 2 N–H and O–H groups in total. The number of nitrogens with zero attached hydrogens (tertiary/aromatic N) is 2. The maximum atomic E-state index is 6.15. The van der Waals surface area contributed by atoms with E-state index in [2.05, 4.69) is 32.1 Å². The van der Waals surface area contributed by atoms with Crippen LogP contribution in [-0.2, 0) is 13.0 Å². The van der Waals surface area contributed by atoms with Crippen molar-refractivity contribution in [3.05, 3.63) is 18.0 Å². The van der Waals surface area contributed by atoms with Gasteiger partial charge in [0.2, 0.25) is 0 Å². The Bertz CT molecular complexity index is 280. The highest BCUT2D eigenvalue weighted by Gasteiger charge is 2.13. The first kappa shape index (κ1) is 12.2. The van der Waals surface area contributed by atoms with Crippen molar-refractivity contribution in [3.8, 4) is 0 Å². The number of aryl methyl sites for hydroxylation is 1. The Morgan fingerprint density at radius 1 is 1.47 bits per heavy atom. The fourth-order valence-electron chi connectivity index (χ4n) is 1.83. The maximum absolute atomic E-state index is 6.15. The molecule has 0 saturated carbocycles. The lowest BCUT2D eigenvalue weighted by Gasteiger charge is -2.18. The van der Waals surface area contributed by atoms with Gasteiger partial charge in [-0.2, -0.15) is 5.10 Å². The normalized spacial score (nSPS) is 15.2. The van der Waals surface area contributed by atoms with E-state index in [9.17, 15) is 0 Å². The Kier molecular flexibility index (Phi) is 4.82. The molecular formula is C12H23N3. The van der Waals surface area contributed by atoms with E-state index < -0.39 is 0 Å². The molecule has 1 heterocycles. The third kappa shape index (κ3) is 3.67. The third-order valence-electron chi connectivity index (χ3n) is 2.96. The van der Waals surface area contributed by atoms with E-state index in [-0.39, 0.29) is 6.04 Å². The van der Waals surface area contributed by atoms with E-state index in [0.717, 1.165) is 13.0 Å².